The van der Waals surface area contributed by atoms with Crippen LogP contribution in [0.15, 0.2) is 0 Å². The number of hydrogen-bond acceptors (Lipinski definition) is 3. The van der Waals surface area contributed by atoms with E-state index in [0.29, 0.717) is 25.9 Å². The van der Waals surface area contributed by atoms with Crippen LogP contribution in [0.2, 0.25) is 0 Å². The molecule has 1 saturated heterocycles. The van der Waals surface area contributed by atoms with Gasteiger partial charge in [0.15, 0.2) is 0 Å². The fraction of sp³-hybridized carbons (Fsp3) is 0.917. The zero-order valence-electron chi connectivity index (χ0n) is 11.1. The molecule has 0 amide bonds. The van der Waals surface area contributed by atoms with Crippen molar-refractivity contribution in [3.63, 3.8) is 0 Å². The van der Waals surface area contributed by atoms with E-state index in [0.717, 1.165) is 38.5 Å². The molecule has 2 N–H and O–H groups in total. The minimum atomic E-state index is -3.69. The van der Waals surface area contributed by atoms with Gasteiger partial charge < -0.3 is 5.11 Å². The second kappa shape index (κ2) is 5.76. The van der Waals surface area contributed by atoms with Crippen molar-refractivity contribution in [3.05, 3.63) is 0 Å². The molecule has 1 saturated carbocycles. The number of nitrogens with zero attached hydrogens (tertiary/aromatic N) is 1. The van der Waals surface area contributed by atoms with E-state index < -0.39 is 21.7 Å². The number of rotatable bonds is 4. The van der Waals surface area contributed by atoms with Gasteiger partial charge in [0.1, 0.15) is 5.54 Å². The Bertz CT molecular complexity index is 421. The Morgan fingerprint density at radius 1 is 1.00 bits per heavy atom. The van der Waals surface area contributed by atoms with Crippen molar-refractivity contribution >= 4 is 16.2 Å². The van der Waals surface area contributed by atoms with Crippen LogP contribution in [0.3, 0.4) is 0 Å². The highest BCUT2D eigenvalue weighted by Crippen LogP contribution is 2.31. The van der Waals surface area contributed by atoms with Gasteiger partial charge in [-0.15, -0.1) is 0 Å². The molecule has 0 bridgehead atoms. The summed E-state index contributed by atoms with van der Waals surface area (Å²) in [5, 5.41) is 9.34. The summed E-state index contributed by atoms with van der Waals surface area (Å²) in [6.07, 6.45) is 6.06. The van der Waals surface area contributed by atoms with Gasteiger partial charge in [-0.3, -0.25) is 4.79 Å². The van der Waals surface area contributed by atoms with Crippen molar-refractivity contribution in [2.45, 2.75) is 56.9 Å². The zero-order chi connectivity index (χ0) is 13.9. The minimum absolute atomic E-state index is 0.384. The molecular weight excluding hydrogens is 268 g/mol. The molecule has 0 spiro atoms. The first-order valence-corrected chi connectivity index (χ1v) is 8.43. The van der Waals surface area contributed by atoms with Gasteiger partial charge >= 0.3 is 5.97 Å². The van der Waals surface area contributed by atoms with Crippen LogP contribution in [0.5, 0.6) is 0 Å². The third-order valence-corrected chi connectivity index (χ3v) is 5.79. The largest absolute Gasteiger partial charge is 0.480 e. The molecule has 0 aromatic carbocycles. The van der Waals surface area contributed by atoms with Crippen LogP contribution in [0, 0.1) is 0 Å². The van der Waals surface area contributed by atoms with Crippen molar-refractivity contribution < 1.29 is 18.3 Å². The molecule has 2 aliphatic rings. The van der Waals surface area contributed by atoms with Gasteiger partial charge in [-0.2, -0.15) is 17.4 Å². The average Bonchev–Trinajstić information content (AvgIpc) is 2.64. The van der Waals surface area contributed by atoms with Crippen molar-refractivity contribution in [2.24, 2.45) is 0 Å². The Hall–Kier alpha value is -0.660. The van der Waals surface area contributed by atoms with E-state index in [9.17, 15) is 18.3 Å². The highest BCUT2D eigenvalue weighted by atomic mass is 32.2. The van der Waals surface area contributed by atoms with Crippen LogP contribution in [0.1, 0.15) is 51.4 Å². The quantitative estimate of drug-likeness (QED) is 0.811. The lowest BCUT2D eigenvalue weighted by atomic mass is 10.0. The van der Waals surface area contributed by atoms with E-state index in [-0.39, 0.29) is 0 Å². The second-order valence-corrected chi connectivity index (χ2v) is 7.19. The molecule has 2 fully saturated rings. The number of carboxylic acids is 1. The molecule has 0 radical (unpaired) electrons. The molecular formula is C12H22N2O4S. The summed E-state index contributed by atoms with van der Waals surface area (Å²) in [6.45, 7) is 0.982. The summed E-state index contributed by atoms with van der Waals surface area (Å²) < 4.78 is 28.6. The average molecular weight is 290 g/mol. The molecule has 1 aliphatic heterocycles. The van der Waals surface area contributed by atoms with Crippen molar-refractivity contribution in [1.29, 1.82) is 0 Å². The summed E-state index contributed by atoms with van der Waals surface area (Å²) in [7, 11) is -3.69. The maximum Gasteiger partial charge on any atom is 0.324 e. The number of nitrogens with one attached hydrogen (secondary N) is 1. The third-order valence-electron chi connectivity index (χ3n) is 4.10. The Kier molecular flexibility index (Phi) is 4.47. The molecule has 0 atom stereocenters. The van der Waals surface area contributed by atoms with Gasteiger partial charge in [0, 0.05) is 13.1 Å². The maximum atomic E-state index is 12.4. The molecule has 6 nitrogen and oxygen atoms in total. The highest BCUT2D eigenvalue weighted by Gasteiger charge is 2.45. The fourth-order valence-electron chi connectivity index (χ4n) is 2.93. The van der Waals surface area contributed by atoms with E-state index in [1.54, 1.807) is 0 Å². The minimum Gasteiger partial charge on any atom is -0.480 e. The monoisotopic (exact) mass is 290 g/mol. The molecule has 110 valence electrons. The lowest BCUT2D eigenvalue weighted by Crippen LogP contribution is -2.56. The molecule has 7 heteroatoms. The summed E-state index contributed by atoms with van der Waals surface area (Å²) in [5.74, 6) is -1.05. The van der Waals surface area contributed by atoms with Crippen molar-refractivity contribution in [2.75, 3.05) is 13.1 Å². The van der Waals surface area contributed by atoms with Gasteiger partial charge in [-0.1, -0.05) is 25.7 Å². The smallest absolute Gasteiger partial charge is 0.324 e. The number of carboxylic acid groups (broad SMARTS) is 1. The van der Waals surface area contributed by atoms with Crippen LogP contribution in [0.25, 0.3) is 0 Å². The standard InChI is InChI=1S/C12H22N2O4S/c15-11(16)12(7-3-4-8-12)13-19(17,18)14-9-5-1-2-6-10-14/h13H,1-10H2,(H,15,16). The predicted molar refractivity (Wildman–Crippen MR) is 70.9 cm³/mol. The summed E-state index contributed by atoms with van der Waals surface area (Å²) in [4.78, 5) is 11.4. The molecule has 2 rings (SSSR count). The van der Waals surface area contributed by atoms with Gasteiger partial charge in [0.2, 0.25) is 0 Å². The Labute approximate surface area is 114 Å². The second-order valence-electron chi connectivity index (χ2n) is 5.51. The first-order chi connectivity index (χ1) is 8.96. The summed E-state index contributed by atoms with van der Waals surface area (Å²) in [6, 6.07) is 0. The van der Waals surface area contributed by atoms with Crippen molar-refractivity contribution in [3.8, 4) is 0 Å². The zero-order valence-corrected chi connectivity index (χ0v) is 11.9. The third kappa shape index (κ3) is 3.27. The lowest BCUT2D eigenvalue weighted by Gasteiger charge is -2.29. The van der Waals surface area contributed by atoms with Gasteiger partial charge in [-0.25, -0.2) is 0 Å². The van der Waals surface area contributed by atoms with Crippen LogP contribution in [-0.2, 0) is 15.0 Å². The van der Waals surface area contributed by atoms with E-state index in [1.165, 1.54) is 4.31 Å². The SMILES string of the molecule is O=C(O)C1(NS(=O)(=O)N2CCCCCC2)CCCC1. The van der Waals surface area contributed by atoms with Crippen LogP contribution in [-0.4, -0.2) is 42.4 Å². The molecule has 1 heterocycles. The van der Waals surface area contributed by atoms with Gasteiger partial charge in [0.05, 0.1) is 0 Å². The molecule has 19 heavy (non-hydrogen) atoms. The highest BCUT2D eigenvalue weighted by molar-refractivity contribution is 7.87. The number of hydrogen-bond donors (Lipinski definition) is 2. The van der Waals surface area contributed by atoms with E-state index in [1.807, 2.05) is 0 Å². The number of carbonyl (C=O) groups is 1. The predicted octanol–water partition coefficient (Wildman–Crippen LogP) is 1.09. The molecule has 1 aliphatic carbocycles. The topological polar surface area (TPSA) is 86.7 Å². The molecule has 0 unspecified atom stereocenters. The Morgan fingerprint density at radius 2 is 1.53 bits per heavy atom. The Morgan fingerprint density at radius 3 is 2.00 bits per heavy atom. The number of aliphatic carboxylic acids is 1. The van der Waals surface area contributed by atoms with Crippen LogP contribution in [0.4, 0.5) is 0 Å². The normalized spacial score (nSPS) is 25.1. The summed E-state index contributed by atoms with van der Waals surface area (Å²) >= 11 is 0. The Balaban J connectivity index is 2.12. The molecule has 0 aromatic heterocycles. The first-order valence-electron chi connectivity index (χ1n) is 6.99. The van der Waals surface area contributed by atoms with Crippen LogP contribution < -0.4 is 4.72 Å². The molecule has 0 aromatic rings. The van der Waals surface area contributed by atoms with E-state index >= 15 is 0 Å². The first kappa shape index (κ1) is 14.7. The van der Waals surface area contributed by atoms with Crippen molar-refractivity contribution in [1.82, 2.24) is 9.03 Å². The van der Waals surface area contributed by atoms with Gasteiger partial charge in [-0.05, 0) is 25.7 Å². The maximum absolute atomic E-state index is 12.4. The lowest BCUT2D eigenvalue weighted by molar-refractivity contribution is -0.143. The van der Waals surface area contributed by atoms with Gasteiger partial charge in [0.25, 0.3) is 10.2 Å². The summed E-state index contributed by atoms with van der Waals surface area (Å²) in [5.41, 5.74) is -1.29. The fourth-order valence-corrected chi connectivity index (χ4v) is 4.58. The van der Waals surface area contributed by atoms with E-state index in [4.69, 9.17) is 0 Å². The van der Waals surface area contributed by atoms with E-state index in [2.05, 4.69) is 4.72 Å². The van der Waals surface area contributed by atoms with Crippen LogP contribution >= 0.6 is 0 Å².